The molecule has 4 rings (SSSR count). The number of carbonyl (C=O) groups is 2. The molecule has 1 N–H and O–H groups in total. The number of ketones is 1. The van der Waals surface area contributed by atoms with E-state index in [1.807, 2.05) is 0 Å². The first-order valence-corrected chi connectivity index (χ1v) is 9.08. The van der Waals surface area contributed by atoms with E-state index >= 15 is 0 Å². The maximum absolute atomic E-state index is 12.6. The molecule has 7 heteroatoms. The molecule has 2 heterocycles. The van der Waals surface area contributed by atoms with Gasteiger partial charge in [-0.3, -0.25) is 19.0 Å². The molecule has 0 bridgehead atoms. The lowest BCUT2D eigenvalue weighted by Gasteiger charge is -2.09. The number of hydrogen-bond donors (Lipinski definition) is 1. The number of aromatic nitrogens is 2. The Labute approximate surface area is 161 Å². The molecule has 28 heavy (non-hydrogen) atoms. The summed E-state index contributed by atoms with van der Waals surface area (Å²) in [6.07, 6.45) is 1.74. The Hall–Kier alpha value is -3.48. The van der Waals surface area contributed by atoms with Crippen molar-refractivity contribution in [3.63, 3.8) is 0 Å². The zero-order valence-electron chi connectivity index (χ0n) is 15.4. The Morgan fingerprint density at radius 1 is 1.18 bits per heavy atom. The summed E-state index contributed by atoms with van der Waals surface area (Å²) in [6, 6.07) is 11.7. The molecule has 2 aromatic carbocycles. The predicted octanol–water partition coefficient (Wildman–Crippen LogP) is 2.56. The minimum atomic E-state index is -0.334. The zero-order chi connectivity index (χ0) is 19.7. The van der Waals surface area contributed by atoms with Gasteiger partial charge in [0.15, 0.2) is 12.4 Å². The van der Waals surface area contributed by atoms with E-state index < -0.39 is 0 Å². The lowest BCUT2D eigenvalue weighted by atomic mass is 10.1. The van der Waals surface area contributed by atoms with Crippen LogP contribution in [0.1, 0.15) is 29.5 Å². The number of aryl methyl sites for hydroxylation is 1. The lowest BCUT2D eigenvalue weighted by molar-refractivity contribution is -0.118. The van der Waals surface area contributed by atoms with Gasteiger partial charge in [0.2, 0.25) is 0 Å². The summed E-state index contributed by atoms with van der Waals surface area (Å²) in [4.78, 5) is 40.5. The number of nitrogens with one attached hydrogen (secondary N) is 1. The molecular formula is C21H19N3O4. The second-order valence-electron chi connectivity index (χ2n) is 6.74. The van der Waals surface area contributed by atoms with Gasteiger partial charge in [0.25, 0.3) is 11.5 Å². The maximum atomic E-state index is 12.6. The van der Waals surface area contributed by atoms with E-state index in [1.165, 1.54) is 6.92 Å². The number of nitrogens with zero attached hydrogens (tertiary/aromatic N) is 2. The van der Waals surface area contributed by atoms with Crippen molar-refractivity contribution in [1.29, 1.82) is 0 Å². The van der Waals surface area contributed by atoms with Crippen LogP contribution in [0, 0.1) is 0 Å². The van der Waals surface area contributed by atoms with Gasteiger partial charge in [-0.1, -0.05) is 0 Å². The summed E-state index contributed by atoms with van der Waals surface area (Å²) in [7, 11) is 0. The van der Waals surface area contributed by atoms with E-state index in [9.17, 15) is 14.4 Å². The molecule has 142 valence electrons. The van der Waals surface area contributed by atoms with E-state index in [2.05, 4.69) is 10.3 Å². The molecule has 0 atom stereocenters. The number of Topliss-reactive ketones (excluding diaryl/α,β-unsaturated/α-hetero) is 1. The van der Waals surface area contributed by atoms with Crippen molar-refractivity contribution in [2.45, 2.75) is 26.3 Å². The van der Waals surface area contributed by atoms with Crippen molar-refractivity contribution in [3.05, 3.63) is 64.2 Å². The predicted molar refractivity (Wildman–Crippen MR) is 105 cm³/mol. The Balaban J connectivity index is 1.44. The number of ether oxygens (including phenoxy) is 1. The number of carbonyl (C=O) groups excluding carboxylic acids is 2. The highest BCUT2D eigenvalue weighted by atomic mass is 16.5. The van der Waals surface area contributed by atoms with E-state index in [-0.39, 0.29) is 23.9 Å². The monoisotopic (exact) mass is 377 g/mol. The molecule has 3 aromatic rings. The van der Waals surface area contributed by atoms with Gasteiger partial charge in [0.05, 0.1) is 10.9 Å². The minimum absolute atomic E-state index is 0.0337. The Morgan fingerprint density at radius 2 is 1.96 bits per heavy atom. The molecule has 7 nitrogen and oxygen atoms in total. The van der Waals surface area contributed by atoms with Gasteiger partial charge in [0.1, 0.15) is 11.6 Å². The van der Waals surface area contributed by atoms with Crippen LogP contribution >= 0.6 is 0 Å². The molecular weight excluding hydrogens is 358 g/mol. The fraction of sp³-hybridized carbons (Fsp3) is 0.238. The number of fused-ring (bicyclic) bond motifs is 2. The van der Waals surface area contributed by atoms with Crippen LogP contribution in [0.3, 0.4) is 0 Å². The summed E-state index contributed by atoms with van der Waals surface area (Å²) in [6.45, 7) is 1.98. The minimum Gasteiger partial charge on any atom is -0.484 e. The number of anilines is 1. The van der Waals surface area contributed by atoms with Crippen LogP contribution in [0.2, 0.25) is 0 Å². The third-order valence-corrected chi connectivity index (χ3v) is 4.73. The van der Waals surface area contributed by atoms with E-state index in [4.69, 9.17) is 4.74 Å². The van der Waals surface area contributed by atoms with Gasteiger partial charge in [-0.15, -0.1) is 0 Å². The van der Waals surface area contributed by atoms with Crippen molar-refractivity contribution in [2.75, 3.05) is 11.9 Å². The number of benzene rings is 2. The Bertz CT molecular complexity index is 1130. The number of hydrogen-bond acceptors (Lipinski definition) is 5. The van der Waals surface area contributed by atoms with Crippen molar-refractivity contribution in [1.82, 2.24) is 9.55 Å². The molecule has 1 aromatic heterocycles. The molecule has 0 aliphatic carbocycles. The smallest absolute Gasteiger partial charge is 0.262 e. The first-order chi connectivity index (χ1) is 13.5. The fourth-order valence-electron chi connectivity index (χ4n) is 3.29. The first-order valence-electron chi connectivity index (χ1n) is 9.08. The summed E-state index contributed by atoms with van der Waals surface area (Å²) < 4.78 is 7.24. The maximum Gasteiger partial charge on any atom is 0.262 e. The average molecular weight is 377 g/mol. The SMILES string of the molecule is CC(=O)c1ccc(NC(=O)COc2ccc3nc4n(c(=O)c3c2)CCC4)cc1. The third kappa shape index (κ3) is 3.51. The van der Waals surface area contributed by atoms with Crippen LogP contribution < -0.4 is 15.6 Å². The van der Waals surface area contributed by atoms with Crippen LogP contribution in [0.5, 0.6) is 5.75 Å². The van der Waals surface area contributed by atoms with Gasteiger partial charge in [0, 0.05) is 24.2 Å². The van der Waals surface area contributed by atoms with Crippen molar-refractivity contribution in [3.8, 4) is 5.75 Å². The number of rotatable bonds is 5. The van der Waals surface area contributed by atoms with E-state index in [0.29, 0.717) is 34.4 Å². The molecule has 0 radical (unpaired) electrons. The quantitative estimate of drug-likeness (QED) is 0.690. The summed E-state index contributed by atoms with van der Waals surface area (Å²) in [5.41, 5.74) is 1.73. The molecule has 1 aliphatic heterocycles. The normalized spacial score (nSPS) is 12.6. The molecule has 0 unspecified atom stereocenters. The van der Waals surface area contributed by atoms with Gasteiger partial charge in [-0.05, 0) is 55.8 Å². The van der Waals surface area contributed by atoms with Gasteiger partial charge in [-0.25, -0.2) is 4.98 Å². The summed E-state index contributed by atoms with van der Waals surface area (Å²) >= 11 is 0. The first kappa shape index (κ1) is 17.9. The summed E-state index contributed by atoms with van der Waals surface area (Å²) in [5.74, 6) is 0.890. The van der Waals surface area contributed by atoms with Crippen LogP contribution in [0.25, 0.3) is 10.9 Å². The zero-order valence-corrected chi connectivity index (χ0v) is 15.4. The molecule has 0 spiro atoms. The topological polar surface area (TPSA) is 90.3 Å². The summed E-state index contributed by atoms with van der Waals surface area (Å²) in [5, 5.41) is 3.20. The third-order valence-electron chi connectivity index (χ3n) is 4.73. The second kappa shape index (κ2) is 7.26. The molecule has 0 saturated heterocycles. The van der Waals surface area contributed by atoms with Crippen LogP contribution in [-0.4, -0.2) is 27.8 Å². The number of amides is 1. The highest BCUT2D eigenvalue weighted by Crippen LogP contribution is 2.20. The van der Waals surface area contributed by atoms with Crippen molar-refractivity contribution >= 4 is 28.3 Å². The molecule has 1 aliphatic rings. The fourth-order valence-corrected chi connectivity index (χ4v) is 3.29. The molecule has 0 saturated carbocycles. The van der Waals surface area contributed by atoms with Gasteiger partial charge >= 0.3 is 0 Å². The highest BCUT2D eigenvalue weighted by molar-refractivity contribution is 5.96. The van der Waals surface area contributed by atoms with Crippen molar-refractivity contribution < 1.29 is 14.3 Å². The van der Waals surface area contributed by atoms with Gasteiger partial charge < -0.3 is 10.1 Å². The average Bonchev–Trinajstić information content (AvgIpc) is 3.16. The molecule has 0 fully saturated rings. The van der Waals surface area contributed by atoms with E-state index in [0.717, 1.165) is 18.7 Å². The highest BCUT2D eigenvalue weighted by Gasteiger charge is 2.16. The largest absolute Gasteiger partial charge is 0.484 e. The second-order valence-corrected chi connectivity index (χ2v) is 6.74. The van der Waals surface area contributed by atoms with Crippen molar-refractivity contribution in [2.24, 2.45) is 0 Å². The van der Waals surface area contributed by atoms with Crippen LogP contribution in [0.4, 0.5) is 5.69 Å². The van der Waals surface area contributed by atoms with Crippen LogP contribution in [0.15, 0.2) is 47.3 Å². The Kier molecular flexibility index (Phi) is 4.65. The Morgan fingerprint density at radius 3 is 2.71 bits per heavy atom. The van der Waals surface area contributed by atoms with Gasteiger partial charge in [-0.2, -0.15) is 0 Å². The standard InChI is InChI=1S/C21H19N3O4/c1-13(25)14-4-6-15(7-5-14)22-20(26)12-28-16-8-9-18-17(11-16)21(27)24-10-2-3-19(24)23-18/h4-9,11H,2-3,10,12H2,1H3,(H,22,26). The van der Waals surface area contributed by atoms with Crippen LogP contribution in [-0.2, 0) is 17.8 Å². The molecule has 1 amide bonds. The van der Waals surface area contributed by atoms with E-state index in [1.54, 1.807) is 47.0 Å². The lowest BCUT2D eigenvalue weighted by Crippen LogP contribution is -2.22.